The molecule has 0 saturated carbocycles. The van der Waals surface area contributed by atoms with Gasteiger partial charge in [0.2, 0.25) is 0 Å². The van der Waals surface area contributed by atoms with Crippen LogP contribution in [0.5, 0.6) is 23.0 Å². The van der Waals surface area contributed by atoms with E-state index in [2.05, 4.69) is 0 Å². The van der Waals surface area contributed by atoms with E-state index in [9.17, 15) is 33.6 Å². The number of carboxylic acids is 5. The fourth-order valence-corrected chi connectivity index (χ4v) is 4.21. The first-order chi connectivity index (χ1) is 28.4. The molecule has 318 valence electrons. The Labute approximate surface area is 343 Å². The molecule has 0 saturated heterocycles. The molecule has 4 aromatic carbocycles. The molecule has 0 atom stereocenters. The predicted octanol–water partition coefficient (Wildman–Crippen LogP) is 4.30. The number of nitrogens with zero attached hydrogens (tertiary/aromatic N) is 1. The van der Waals surface area contributed by atoms with Crippen molar-refractivity contribution in [3.63, 3.8) is 0 Å². The molecular formula is C42H43NO17. The van der Waals surface area contributed by atoms with E-state index in [0.717, 1.165) is 11.8 Å². The maximum absolute atomic E-state index is 10.9. The highest BCUT2D eigenvalue weighted by atomic mass is 16.5. The second-order valence-corrected chi connectivity index (χ2v) is 11.9. The summed E-state index contributed by atoms with van der Waals surface area (Å²) in [5.41, 5.74) is 3.30. The summed E-state index contributed by atoms with van der Waals surface area (Å²) in [6, 6.07) is 25.2. The third kappa shape index (κ3) is 22.4. The molecule has 18 nitrogen and oxygen atoms in total. The lowest BCUT2D eigenvalue weighted by Gasteiger charge is -2.08. The van der Waals surface area contributed by atoms with Crippen molar-refractivity contribution in [1.82, 2.24) is 4.90 Å². The molecule has 7 N–H and O–H groups in total. The number of allylic oxidation sites excluding steroid dienone is 2. The second kappa shape index (κ2) is 27.4. The van der Waals surface area contributed by atoms with Gasteiger partial charge in [0, 0.05) is 25.9 Å². The first-order valence-corrected chi connectivity index (χ1v) is 17.1. The number of hydrogen-bond acceptors (Lipinski definition) is 13. The largest absolute Gasteiger partial charge is 0.515 e. The quantitative estimate of drug-likeness (QED) is 0.0418. The first-order valence-electron chi connectivity index (χ1n) is 17.1. The number of aliphatic carboxylic acids is 5. The van der Waals surface area contributed by atoms with Gasteiger partial charge in [-0.1, -0.05) is 48.5 Å². The number of benzene rings is 4. The maximum atomic E-state index is 10.9. The van der Waals surface area contributed by atoms with Crippen LogP contribution in [-0.2, 0) is 46.4 Å². The summed E-state index contributed by atoms with van der Waals surface area (Å²) in [4.78, 5) is 74.5. The highest BCUT2D eigenvalue weighted by Crippen LogP contribution is 2.19. The summed E-state index contributed by atoms with van der Waals surface area (Å²) in [5, 5.41) is 59.6. The molecule has 0 unspecified atom stereocenters. The summed E-state index contributed by atoms with van der Waals surface area (Å²) >= 11 is 0. The number of phenolic OH excluding ortho intramolecular Hbond substituents is 1. The lowest BCUT2D eigenvalue weighted by Crippen LogP contribution is -2.09. The number of carbonyl (C=O) groups excluding carboxylic acids is 2. The molecule has 0 amide bonds. The van der Waals surface area contributed by atoms with Gasteiger partial charge in [-0.2, -0.15) is 0 Å². The van der Waals surface area contributed by atoms with Gasteiger partial charge in [-0.05, 0) is 70.8 Å². The number of aldehydes is 2. The Bertz CT molecular complexity index is 2060. The van der Waals surface area contributed by atoms with Gasteiger partial charge in [-0.25, -0.2) is 14.4 Å². The van der Waals surface area contributed by atoms with Crippen molar-refractivity contribution in [3.8, 4) is 23.0 Å². The van der Waals surface area contributed by atoms with Crippen LogP contribution in [-0.4, -0.2) is 117 Å². The van der Waals surface area contributed by atoms with E-state index in [1.807, 2.05) is 14.1 Å². The Morgan fingerprint density at radius 3 is 1.10 bits per heavy atom. The SMILES string of the molecule is CN(C)/C=C(/C=O)c1ccc(OCC(=O)O)cc1.O=C(O)COc1ccc(CC(=O)O)cc1.O=C(O)Cc1ccc(O)cc1.O=C/C(=C/O)c1ccc(OCC(=O)O)cc1. The van der Waals surface area contributed by atoms with Gasteiger partial charge in [0.15, 0.2) is 32.4 Å². The number of phenols is 1. The second-order valence-electron chi connectivity index (χ2n) is 11.9. The van der Waals surface area contributed by atoms with Crippen LogP contribution < -0.4 is 14.2 Å². The van der Waals surface area contributed by atoms with E-state index in [1.54, 1.807) is 83.9 Å². The minimum absolute atomic E-state index is 0.000278. The lowest BCUT2D eigenvalue weighted by atomic mass is 10.1. The number of carboxylic acid groups (broad SMARTS) is 5. The van der Waals surface area contributed by atoms with Gasteiger partial charge in [0.05, 0.1) is 24.7 Å². The van der Waals surface area contributed by atoms with Gasteiger partial charge >= 0.3 is 29.8 Å². The fourth-order valence-electron chi connectivity index (χ4n) is 4.21. The average molecular weight is 834 g/mol. The van der Waals surface area contributed by atoms with Crippen molar-refractivity contribution in [3.05, 3.63) is 132 Å². The average Bonchev–Trinajstić information content (AvgIpc) is 3.20. The minimum atomic E-state index is -1.06. The molecule has 0 aromatic heterocycles. The van der Waals surface area contributed by atoms with Crippen molar-refractivity contribution in [1.29, 1.82) is 0 Å². The molecule has 0 bridgehead atoms. The van der Waals surface area contributed by atoms with E-state index >= 15 is 0 Å². The van der Waals surface area contributed by atoms with Gasteiger partial charge in [0.1, 0.15) is 23.0 Å². The Kier molecular flexibility index (Phi) is 22.8. The van der Waals surface area contributed by atoms with E-state index in [1.165, 1.54) is 24.3 Å². The molecule has 4 rings (SSSR count). The number of ether oxygens (including phenoxy) is 3. The van der Waals surface area contributed by atoms with Crippen LogP contribution >= 0.6 is 0 Å². The monoisotopic (exact) mass is 833 g/mol. The third-order valence-corrected chi connectivity index (χ3v) is 6.82. The number of hydrogen-bond donors (Lipinski definition) is 7. The Morgan fingerprint density at radius 2 is 0.817 bits per heavy atom. The molecule has 0 spiro atoms. The van der Waals surface area contributed by atoms with Crippen LogP contribution in [0.15, 0.2) is 110 Å². The van der Waals surface area contributed by atoms with E-state index in [0.29, 0.717) is 52.1 Å². The summed E-state index contributed by atoms with van der Waals surface area (Å²) in [6.07, 6.45) is 3.65. The molecule has 0 radical (unpaired) electrons. The van der Waals surface area contributed by atoms with Crippen LogP contribution in [0.2, 0.25) is 0 Å². The summed E-state index contributed by atoms with van der Waals surface area (Å²) in [5.74, 6) is -3.51. The zero-order chi connectivity index (χ0) is 45.0. The number of carbonyl (C=O) groups is 7. The summed E-state index contributed by atoms with van der Waals surface area (Å²) < 4.78 is 14.8. The van der Waals surface area contributed by atoms with Crippen LogP contribution in [0.4, 0.5) is 0 Å². The smallest absolute Gasteiger partial charge is 0.341 e. The number of aliphatic hydroxyl groups is 1. The van der Waals surface area contributed by atoms with Gasteiger partial charge in [-0.3, -0.25) is 19.2 Å². The molecule has 0 aliphatic heterocycles. The molecular weight excluding hydrogens is 790 g/mol. The first kappa shape index (κ1) is 49.9. The van der Waals surface area contributed by atoms with Gasteiger partial charge in [-0.15, -0.1) is 0 Å². The number of rotatable bonds is 18. The zero-order valence-electron chi connectivity index (χ0n) is 32.2. The minimum Gasteiger partial charge on any atom is -0.515 e. The van der Waals surface area contributed by atoms with E-state index in [4.69, 9.17) is 50.0 Å². The fraction of sp³-hybridized carbons (Fsp3) is 0.167. The van der Waals surface area contributed by atoms with Crippen LogP contribution in [0, 0.1) is 0 Å². The van der Waals surface area contributed by atoms with E-state index in [-0.39, 0.29) is 30.8 Å². The zero-order valence-corrected chi connectivity index (χ0v) is 32.2. The molecule has 0 aliphatic carbocycles. The highest BCUT2D eigenvalue weighted by molar-refractivity contribution is 6.07. The van der Waals surface area contributed by atoms with Crippen LogP contribution in [0.1, 0.15) is 22.3 Å². The lowest BCUT2D eigenvalue weighted by molar-refractivity contribution is -0.140. The number of aromatic hydroxyl groups is 1. The van der Waals surface area contributed by atoms with Crippen molar-refractivity contribution in [2.75, 3.05) is 33.9 Å². The molecule has 0 aliphatic rings. The van der Waals surface area contributed by atoms with E-state index < -0.39 is 43.1 Å². The van der Waals surface area contributed by atoms with Crippen LogP contribution in [0.25, 0.3) is 11.1 Å². The standard InChI is InChI=1S/C13H15NO4.C11H10O5.C10H10O5.C8H8O3/c1-14(2)7-11(8-15)10-3-5-12(6-4-10)18-9-13(16)17;12-5-9(6-13)8-1-3-10(4-2-8)16-7-11(14)15;11-9(12)5-7-1-3-8(4-2-7)15-6-10(13)14;9-7-3-1-6(2-4-7)5-8(10)11/h3-8H,9H2,1-2H3,(H,16,17);1-6,12H,7H2,(H,14,15);1-4H,5-6H2,(H,11,12)(H,13,14);1-4,9H,5H2,(H,10,11)/b11-7-;9-5-;;. The normalized spacial score (nSPS) is 10.3. The molecule has 18 heteroatoms. The third-order valence-electron chi connectivity index (χ3n) is 6.82. The predicted molar refractivity (Wildman–Crippen MR) is 214 cm³/mol. The Balaban J connectivity index is 0.000000405. The molecule has 60 heavy (non-hydrogen) atoms. The molecule has 0 heterocycles. The highest BCUT2D eigenvalue weighted by Gasteiger charge is 2.05. The van der Waals surface area contributed by atoms with Crippen molar-refractivity contribution in [2.24, 2.45) is 0 Å². The van der Waals surface area contributed by atoms with Gasteiger partial charge in [0.25, 0.3) is 0 Å². The van der Waals surface area contributed by atoms with Gasteiger partial charge < -0.3 is 54.9 Å². The molecule has 0 fully saturated rings. The summed E-state index contributed by atoms with van der Waals surface area (Å²) in [6.45, 7) is -1.21. The number of aliphatic hydroxyl groups excluding tert-OH is 1. The topological polar surface area (TPSA) is 292 Å². The summed E-state index contributed by atoms with van der Waals surface area (Å²) in [7, 11) is 3.65. The molecule has 4 aromatic rings. The van der Waals surface area contributed by atoms with Crippen molar-refractivity contribution < 1.29 is 83.5 Å². The van der Waals surface area contributed by atoms with Crippen LogP contribution in [0.3, 0.4) is 0 Å². The maximum Gasteiger partial charge on any atom is 0.341 e. The van der Waals surface area contributed by atoms with Crippen molar-refractivity contribution >= 4 is 53.6 Å². The Hall–Kier alpha value is -8.15. The Morgan fingerprint density at radius 1 is 0.500 bits per heavy atom. The van der Waals surface area contributed by atoms with Crippen molar-refractivity contribution in [2.45, 2.75) is 12.8 Å².